The van der Waals surface area contributed by atoms with Crippen molar-refractivity contribution in [3.05, 3.63) is 99.7 Å². The molecule has 2 N–H and O–H groups in total. The summed E-state index contributed by atoms with van der Waals surface area (Å²) in [6.07, 6.45) is 1.42. The van der Waals surface area contributed by atoms with Crippen molar-refractivity contribution in [2.75, 3.05) is 26.2 Å². The van der Waals surface area contributed by atoms with Crippen LogP contribution in [0.5, 0.6) is 0 Å². The van der Waals surface area contributed by atoms with Gasteiger partial charge in [0.2, 0.25) is 5.82 Å². The van der Waals surface area contributed by atoms with Crippen LogP contribution in [0.4, 0.5) is 20.3 Å². The molecule has 33 heavy (non-hydrogen) atoms. The van der Waals surface area contributed by atoms with Gasteiger partial charge in [0.05, 0.1) is 11.0 Å². The van der Waals surface area contributed by atoms with Gasteiger partial charge in [0.15, 0.2) is 5.96 Å². The Kier molecular flexibility index (Phi) is 6.55. The third-order valence-electron chi connectivity index (χ3n) is 5.56. The molecule has 0 unspecified atom stereocenters. The molecule has 1 aliphatic rings. The van der Waals surface area contributed by atoms with Gasteiger partial charge in [-0.25, -0.2) is 13.8 Å². The Balaban J connectivity index is 1.53. The molecule has 8 nitrogen and oxygen atoms in total. The smallest absolute Gasteiger partial charge is 0.313 e. The molecule has 2 aromatic carbocycles. The quantitative estimate of drug-likeness (QED) is 0.275. The molecule has 0 saturated carbocycles. The van der Waals surface area contributed by atoms with Crippen LogP contribution in [0.2, 0.25) is 0 Å². The zero-order chi connectivity index (χ0) is 23.4. The summed E-state index contributed by atoms with van der Waals surface area (Å²) in [4.78, 5) is 22.8. The Morgan fingerprint density at radius 2 is 1.52 bits per heavy atom. The predicted octanol–water partition coefficient (Wildman–Crippen LogP) is 3.62. The van der Waals surface area contributed by atoms with Crippen molar-refractivity contribution in [3.63, 3.8) is 0 Å². The fourth-order valence-corrected chi connectivity index (χ4v) is 3.91. The molecular weight excluding hydrogens is 430 g/mol. The molecular formula is C23H22F2N6O2. The van der Waals surface area contributed by atoms with Gasteiger partial charge in [-0.2, -0.15) is 4.99 Å². The van der Waals surface area contributed by atoms with E-state index in [1.165, 1.54) is 42.6 Å². The molecule has 2 heterocycles. The van der Waals surface area contributed by atoms with Crippen LogP contribution in [0.1, 0.15) is 17.2 Å². The normalized spacial score (nSPS) is 15.1. The minimum absolute atomic E-state index is 0.0436. The van der Waals surface area contributed by atoms with Crippen molar-refractivity contribution in [1.82, 2.24) is 14.8 Å². The molecule has 170 valence electrons. The van der Waals surface area contributed by atoms with Crippen LogP contribution in [0.15, 0.2) is 71.9 Å². The zero-order valence-corrected chi connectivity index (χ0v) is 17.6. The summed E-state index contributed by atoms with van der Waals surface area (Å²) in [6, 6.07) is 15.2. The Morgan fingerprint density at radius 1 is 0.970 bits per heavy atom. The van der Waals surface area contributed by atoms with Crippen LogP contribution in [0, 0.1) is 21.7 Å². The van der Waals surface area contributed by atoms with E-state index >= 15 is 0 Å². The molecule has 0 radical (unpaired) electrons. The van der Waals surface area contributed by atoms with Crippen LogP contribution in [-0.2, 0) is 0 Å². The number of nitrogens with two attached hydrogens (primary N) is 1. The average molecular weight is 452 g/mol. The van der Waals surface area contributed by atoms with Gasteiger partial charge in [-0.1, -0.05) is 24.3 Å². The number of rotatable bonds is 5. The molecule has 0 bridgehead atoms. The van der Waals surface area contributed by atoms with E-state index in [0.717, 1.165) is 11.1 Å². The summed E-state index contributed by atoms with van der Waals surface area (Å²) in [5.74, 6) is -0.544. The number of piperazine rings is 1. The monoisotopic (exact) mass is 452 g/mol. The fourth-order valence-electron chi connectivity index (χ4n) is 3.91. The molecule has 3 aromatic rings. The molecule has 0 spiro atoms. The molecule has 4 rings (SSSR count). The Bertz CT molecular complexity index is 1100. The van der Waals surface area contributed by atoms with E-state index in [0.29, 0.717) is 26.2 Å². The van der Waals surface area contributed by atoms with Gasteiger partial charge < -0.3 is 10.6 Å². The number of guanidine groups is 1. The number of hydrogen-bond donors (Lipinski definition) is 1. The fraction of sp³-hybridized carbons (Fsp3) is 0.217. The predicted molar refractivity (Wildman–Crippen MR) is 120 cm³/mol. The second kappa shape index (κ2) is 9.70. The van der Waals surface area contributed by atoms with E-state index in [2.05, 4.69) is 14.9 Å². The number of aliphatic imine (C=N–C) groups is 1. The van der Waals surface area contributed by atoms with Gasteiger partial charge >= 0.3 is 5.69 Å². The van der Waals surface area contributed by atoms with E-state index in [1.807, 2.05) is 4.90 Å². The number of halogens is 2. The highest BCUT2D eigenvalue weighted by molar-refractivity contribution is 5.81. The standard InChI is InChI=1S/C23H22F2N6O2/c24-18-7-3-16(4-8-18)21(17-5-9-19(25)10-6-17)29-12-14-30(15-13-29)23(26)28-22-20(31(32)33)2-1-11-27-22/h1-11,21H,12-15H2,(H2,26,27,28). The van der Waals surface area contributed by atoms with E-state index in [-0.39, 0.29) is 35.1 Å². The Morgan fingerprint density at radius 3 is 2.03 bits per heavy atom. The lowest BCUT2D eigenvalue weighted by Gasteiger charge is -2.40. The van der Waals surface area contributed by atoms with Gasteiger partial charge in [-0.3, -0.25) is 15.0 Å². The second-order valence-electron chi connectivity index (χ2n) is 7.60. The molecule has 1 aromatic heterocycles. The number of pyridine rings is 1. The summed E-state index contributed by atoms with van der Waals surface area (Å²) in [5.41, 5.74) is 7.70. The number of hydrogen-bond acceptors (Lipinski definition) is 5. The lowest BCUT2D eigenvalue weighted by atomic mass is 9.96. The van der Waals surface area contributed by atoms with E-state index in [4.69, 9.17) is 5.73 Å². The molecule has 1 fully saturated rings. The molecule has 0 amide bonds. The summed E-state index contributed by atoms with van der Waals surface area (Å²) in [6.45, 7) is 2.24. The highest BCUT2D eigenvalue weighted by Gasteiger charge is 2.27. The van der Waals surface area contributed by atoms with Crippen LogP contribution >= 0.6 is 0 Å². The van der Waals surface area contributed by atoms with Gasteiger partial charge in [0.1, 0.15) is 11.6 Å². The van der Waals surface area contributed by atoms with Crippen molar-refractivity contribution in [2.45, 2.75) is 6.04 Å². The highest BCUT2D eigenvalue weighted by Crippen LogP contribution is 2.30. The van der Waals surface area contributed by atoms with Crippen molar-refractivity contribution in [2.24, 2.45) is 10.7 Å². The number of nitrogens with zero attached hydrogens (tertiary/aromatic N) is 5. The van der Waals surface area contributed by atoms with E-state index in [1.54, 1.807) is 24.3 Å². The second-order valence-corrected chi connectivity index (χ2v) is 7.60. The average Bonchev–Trinajstić information content (AvgIpc) is 2.82. The molecule has 10 heteroatoms. The Hall–Kier alpha value is -3.92. The summed E-state index contributed by atoms with van der Waals surface area (Å²) >= 11 is 0. The lowest BCUT2D eigenvalue weighted by molar-refractivity contribution is -0.384. The van der Waals surface area contributed by atoms with Crippen LogP contribution < -0.4 is 5.73 Å². The van der Waals surface area contributed by atoms with Crippen molar-refractivity contribution >= 4 is 17.5 Å². The minimum atomic E-state index is -0.549. The minimum Gasteiger partial charge on any atom is -0.369 e. The van der Waals surface area contributed by atoms with Crippen molar-refractivity contribution < 1.29 is 13.7 Å². The molecule has 0 aliphatic carbocycles. The maximum absolute atomic E-state index is 13.5. The summed E-state index contributed by atoms with van der Waals surface area (Å²) < 4.78 is 27.0. The maximum Gasteiger partial charge on any atom is 0.313 e. The largest absolute Gasteiger partial charge is 0.369 e. The number of benzene rings is 2. The summed E-state index contributed by atoms with van der Waals surface area (Å²) in [7, 11) is 0. The van der Waals surface area contributed by atoms with Crippen LogP contribution in [0.3, 0.4) is 0 Å². The SMILES string of the molecule is N/C(=N\c1ncccc1[N+](=O)[O-])N1CCN(C(c2ccc(F)cc2)c2ccc(F)cc2)CC1. The van der Waals surface area contributed by atoms with Gasteiger partial charge in [-0.05, 0) is 41.5 Å². The van der Waals surface area contributed by atoms with E-state index in [9.17, 15) is 18.9 Å². The molecule has 0 atom stereocenters. The van der Waals surface area contributed by atoms with Gasteiger partial charge in [0.25, 0.3) is 0 Å². The van der Waals surface area contributed by atoms with Crippen molar-refractivity contribution in [3.8, 4) is 0 Å². The van der Waals surface area contributed by atoms with Gasteiger partial charge in [-0.15, -0.1) is 0 Å². The molecule has 1 aliphatic heterocycles. The third kappa shape index (κ3) is 5.12. The van der Waals surface area contributed by atoms with E-state index < -0.39 is 4.92 Å². The highest BCUT2D eigenvalue weighted by atomic mass is 19.1. The number of aromatic nitrogens is 1. The van der Waals surface area contributed by atoms with Gasteiger partial charge in [0, 0.05) is 38.4 Å². The zero-order valence-electron chi connectivity index (χ0n) is 17.6. The molecule has 1 saturated heterocycles. The Labute approximate surface area is 189 Å². The topological polar surface area (TPSA) is 101 Å². The third-order valence-corrected chi connectivity index (χ3v) is 5.56. The lowest BCUT2D eigenvalue weighted by Crippen LogP contribution is -2.52. The number of nitro groups is 1. The summed E-state index contributed by atoms with van der Waals surface area (Å²) in [5, 5.41) is 11.2. The first-order valence-electron chi connectivity index (χ1n) is 10.4. The van der Waals surface area contributed by atoms with Crippen molar-refractivity contribution in [1.29, 1.82) is 0 Å². The first kappa shape index (κ1) is 22.3. The first-order valence-corrected chi connectivity index (χ1v) is 10.4. The maximum atomic E-state index is 13.5. The van der Waals surface area contributed by atoms with Crippen LogP contribution in [0.25, 0.3) is 0 Å². The first-order chi connectivity index (χ1) is 15.9. The van der Waals surface area contributed by atoms with Crippen LogP contribution in [-0.4, -0.2) is 51.8 Å².